The molecule has 4 heteroatoms. The molecule has 356 valence electrons. The van der Waals surface area contributed by atoms with Crippen LogP contribution in [0.5, 0.6) is 17.2 Å². The first kappa shape index (κ1) is 43.9. The van der Waals surface area contributed by atoms with E-state index in [0.717, 1.165) is 67.5 Å². The van der Waals surface area contributed by atoms with Crippen molar-refractivity contribution in [2.24, 2.45) is 0 Å². The Morgan fingerprint density at radius 1 is 0.355 bits per heavy atom. The zero-order valence-electron chi connectivity index (χ0n) is 41.6. The zero-order valence-corrected chi connectivity index (χ0v) is 41.6. The maximum atomic E-state index is 6.96. The lowest BCUT2D eigenvalue weighted by atomic mass is 9.37. The van der Waals surface area contributed by atoms with Crippen LogP contribution in [0.2, 0.25) is 0 Å². The Morgan fingerprint density at radius 2 is 0.947 bits per heavy atom. The quantitative estimate of drug-likeness (QED) is 0.106. The second-order valence-corrected chi connectivity index (χ2v) is 20.2. The average molecular weight is 970 g/mol. The fourth-order valence-electron chi connectivity index (χ4n) is 12.4. The van der Waals surface area contributed by atoms with Crippen LogP contribution in [0.15, 0.2) is 279 Å². The van der Waals surface area contributed by atoms with Crippen LogP contribution in [0.4, 0.5) is 17.1 Å². The Kier molecular flexibility index (Phi) is 10.4. The molecule has 3 nitrogen and oxygen atoms in total. The smallest absolute Gasteiger partial charge is 0.241 e. The number of fused-ring (bicyclic) bond motifs is 9. The number of ether oxygens (including phenoxy) is 2. The molecule has 0 radical (unpaired) electrons. The third-order valence-electron chi connectivity index (χ3n) is 15.9. The van der Waals surface area contributed by atoms with Crippen molar-refractivity contribution in [1.82, 2.24) is 0 Å². The van der Waals surface area contributed by atoms with Crippen LogP contribution < -0.4 is 30.8 Å². The molecule has 3 aliphatic rings. The predicted molar refractivity (Wildman–Crippen MR) is 318 cm³/mol. The van der Waals surface area contributed by atoms with Gasteiger partial charge in [0.25, 0.3) is 0 Å². The molecular formula is C72H48BNO2. The van der Waals surface area contributed by atoms with Crippen molar-refractivity contribution in [3.8, 4) is 61.8 Å². The van der Waals surface area contributed by atoms with Crippen LogP contribution >= 0.6 is 0 Å². The van der Waals surface area contributed by atoms with Gasteiger partial charge in [-0.3, -0.25) is 0 Å². The van der Waals surface area contributed by atoms with E-state index in [1.807, 2.05) is 0 Å². The Hall–Kier alpha value is -9.64. The molecule has 12 aromatic carbocycles. The van der Waals surface area contributed by atoms with E-state index in [2.05, 4.69) is 284 Å². The summed E-state index contributed by atoms with van der Waals surface area (Å²) in [5, 5.41) is 7.25. The molecule has 2 aliphatic heterocycles. The molecule has 1 aliphatic carbocycles. The fourth-order valence-corrected chi connectivity index (χ4v) is 12.4. The third-order valence-corrected chi connectivity index (χ3v) is 15.9. The monoisotopic (exact) mass is 969 g/mol. The highest BCUT2D eigenvalue weighted by atomic mass is 16.5. The number of anilines is 3. The van der Waals surface area contributed by atoms with E-state index in [4.69, 9.17) is 9.47 Å². The molecule has 76 heavy (non-hydrogen) atoms. The van der Waals surface area contributed by atoms with Crippen LogP contribution in [-0.4, -0.2) is 12.8 Å². The molecule has 2 unspecified atom stereocenters. The predicted octanol–water partition coefficient (Wildman–Crippen LogP) is 16.9. The molecule has 15 rings (SSSR count). The highest BCUT2D eigenvalue weighted by Gasteiger charge is 2.36. The van der Waals surface area contributed by atoms with Crippen LogP contribution in [0.3, 0.4) is 0 Å². The summed E-state index contributed by atoms with van der Waals surface area (Å²) in [5.41, 5.74) is 17.4. The van der Waals surface area contributed by atoms with Crippen molar-refractivity contribution >= 4 is 72.5 Å². The minimum Gasteiger partial charge on any atom is -0.483 e. The topological polar surface area (TPSA) is 21.7 Å². The van der Waals surface area contributed by atoms with Gasteiger partial charge in [0.2, 0.25) is 6.71 Å². The number of rotatable bonds is 9. The van der Waals surface area contributed by atoms with Gasteiger partial charge in [0.05, 0.1) is 11.4 Å². The number of para-hydroxylation sites is 2. The lowest BCUT2D eigenvalue weighted by Gasteiger charge is -2.29. The van der Waals surface area contributed by atoms with E-state index < -0.39 is 0 Å². The first-order valence-corrected chi connectivity index (χ1v) is 26.3. The lowest BCUT2D eigenvalue weighted by molar-refractivity contribution is 0.269. The van der Waals surface area contributed by atoms with E-state index >= 15 is 0 Å². The second-order valence-electron chi connectivity index (χ2n) is 20.2. The van der Waals surface area contributed by atoms with Gasteiger partial charge in [0.15, 0.2) is 0 Å². The number of hydrogen-bond donors (Lipinski definition) is 0. The largest absolute Gasteiger partial charge is 0.483 e. The number of hydrogen-bond acceptors (Lipinski definition) is 3. The molecule has 0 spiro atoms. The average Bonchev–Trinajstić information content (AvgIpc) is 3.97. The molecule has 12 aromatic rings. The summed E-state index contributed by atoms with van der Waals surface area (Å²) >= 11 is 0. The van der Waals surface area contributed by atoms with E-state index in [-0.39, 0.29) is 18.7 Å². The van der Waals surface area contributed by atoms with Crippen molar-refractivity contribution in [1.29, 1.82) is 0 Å². The van der Waals surface area contributed by atoms with E-state index in [0.29, 0.717) is 0 Å². The number of nitrogens with zero attached hydrogens (tertiary/aromatic N) is 1. The van der Waals surface area contributed by atoms with Crippen molar-refractivity contribution in [3.05, 3.63) is 285 Å². The van der Waals surface area contributed by atoms with Gasteiger partial charge in [-0.05, 0) is 121 Å². The van der Waals surface area contributed by atoms with Gasteiger partial charge in [-0.2, -0.15) is 0 Å². The van der Waals surface area contributed by atoms with Crippen molar-refractivity contribution in [2.45, 2.75) is 12.0 Å². The highest BCUT2D eigenvalue weighted by molar-refractivity contribution is 6.95. The van der Waals surface area contributed by atoms with Gasteiger partial charge in [0, 0.05) is 33.7 Å². The minimum absolute atomic E-state index is 0.0278. The lowest BCUT2D eigenvalue weighted by Crippen LogP contribution is -2.51. The van der Waals surface area contributed by atoms with Crippen LogP contribution in [0.1, 0.15) is 11.5 Å². The minimum atomic E-state index is -0.0278. The summed E-state index contributed by atoms with van der Waals surface area (Å²) in [4.78, 5) is 2.37. The van der Waals surface area contributed by atoms with Gasteiger partial charge in [-0.25, -0.2) is 0 Å². The van der Waals surface area contributed by atoms with Gasteiger partial charge >= 0.3 is 0 Å². The molecule has 0 fully saturated rings. The molecule has 0 bridgehead atoms. The van der Waals surface area contributed by atoms with Gasteiger partial charge in [0.1, 0.15) is 23.4 Å². The van der Waals surface area contributed by atoms with E-state index in [1.54, 1.807) is 0 Å². The Morgan fingerprint density at radius 3 is 1.74 bits per heavy atom. The van der Waals surface area contributed by atoms with Gasteiger partial charge < -0.3 is 14.4 Å². The first-order chi connectivity index (χ1) is 37.7. The Balaban J connectivity index is 0.804. The molecule has 0 aromatic heterocycles. The van der Waals surface area contributed by atoms with Crippen molar-refractivity contribution in [3.63, 3.8) is 0 Å². The van der Waals surface area contributed by atoms with Crippen LogP contribution in [0.25, 0.3) is 76.8 Å². The molecule has 2 heterocycles. The maximum Gasteiger partial charge on any atom is 0.241 e. The molecule has 0 saturated heterocycles. The van der Waals surface area contributed by atoms with Gasteiger partial charge in [-0.1, -0.05) is 235 Å². The summed E-state index contributed by atoms with van der Waals surface area (Å²) in [5.74, 6) is 2.83. The van der Waals surface area contributed by atoms with E-state index in [1.165, 1.54) is 65.6 Å². The standard InChI is InChI=1S/C72H48BNO2/c1-4-18-48(19-5-1)55-24-12-14-30-66(55)74(67-31-16-29-61-58-27-13-15-32-68(58)76-72(61)67)54-41-36-47(37-42-54)50-38-43-59-65-46-63-57-26-11-10-25-56(57)62(45-64(63)60-28-17-33-69(71(60)65)75-70(59)44-50)49-34-39-53(40-35-49)73(51-20-6-2-7-21-51)52-22-8-3-9-23-52/h1-46,58,68H. The first-order valence-electron chi connectivity index (χ1n) is 26.3. The summed E-state index contributed by atoms with van der Waals surface area (Å²) in [6.45, 7) is 0.137. The SMILES string of the molecule is C1=CC2Oc3c(cccc3N(c3ccc(-c4ccc5c(c4)Oc4cccc6c4c-5cc4c5ccccc5c(-c5ccc(B(c7ccccc7)c7ccccc7)cc5)cc64)cc3)c3ccccc3-c3ccccc3)C2C=C1. The molecule has 0 amide bonds. The van der Waals surface area contributed by atoms with Crippen LogP contribution in [0, 0.1) is 0 Å². The molecular weight excluding hydrogens is 922 g/mol. The van der Waals surface area contributed by atoms with Crippen LogP contribution in [-0.2, 0) is 0 Å². The van der Waals surface area contributed by atoms with Crippen molar-refractivity contribution < 1.29 is 9.47 Å². The number of benzene rings is 12. The van der Waals surface area contributed by atoms with Crippen molar-refractivity contribution in [2.75, 3.05) is 4.90 Å². The molecule has 0 N–H and O–H groups in total. The van der Waals surface area contributed by atoms with E-state index in [9.17, 15) is 0 Å². The van der Waals surface area contributed by atoms with Gasteiger partial charge in [-0.15, -0.1) is 0 Å². The summed E-state index contributed by atoms with van der Waals surface area (Å²) in [6, 6.07) is 92.7. The Labute approximate surface area is 443 Å². The second kappa shape index (κ2) is 18.1. The Bertz CT molecular complexity index is 4240. The maximum absolute atomic E-state index is 6.96. The summed E-state index contributed by atoms with van der Waals surface area (Å²) in [6.07, 6.45) is 8.62. The fraction of sp³-hybridized carbons (Fsp3) is 0.0278. The zero-order chi connectivity index (χ0) is 50.1. The summed E-state index contributed by atoms with van der Waals surface area (Å²) < 4.78 is 13.8. The number of allylic oxidation sites excluding steroid dienone is 2. The normalized spacial score (nSPS) is 14.7. The highest BCUT2D eigenvalue weighted by Crippen LogP contribution is 2.53. The third kappa shape index (κ3) is 7.28. The molecule has 0 saturated carbocycles. The summed E-state index contributed by atoms with van der Waals surface area (Å²) in [7, 11) is 0. The molecule has 2 atom stereocenters.